The van der Waals surface area contributed by atoms with Crippen LogP contribution in [0.4, 0.5) is 5.13 Å². The molecular weight excluding hydrogens is 272 g/mol. The van der Waals surface area contributed by atoms with Crippen LogP contribution in [-0.2, 0) is 4.74 Å². The standard InChI is InChI=1S/C12H17ClN2O2S/c1-17-11(16)9-10(13)15-12(18-9)14-8-6-4-2-3-5-7-8/h8H,2-7H2,1H3,(H,14,15). The van der Waals surface area contributed by atoms with Gasteiger partial charge in [-0.05, 0) is 12.8 Å². The fraction of sp³-hybridized carbons (Fsp3) is 0.667. The van der Waals surface area contributed by atoms with E-state index in [0.29, 0.717) is 16.1 Å². The van der Waals surface area contributed by atoms with Crippen molar-refractivity contribution < 1.29 is 9.53 Å². The molecule has 1 aromatic heterocycles. The minimum Gasteiger partial charge on any atom is -0.465 e. The number of halogens is 1. The summed E-state index contributed by atoms with van der Waals surface area (Å²) in [5.41, 5.74) is 0. The smallest absolute Gasteiger partial charge is 0.351 e. The highest BCUT2D eigenvalue weighted by Crippen LogP contribution is 2.29. The van der Waals surface area contributed by atoms with Gasteiger partial charge in [0.15, 0.2) is 15.2 Å². The number of nitrogens with one attached hydrogen (secondary N) is 1. The summed E-state index contributed by atoms with van der Waals surface area (Å²) in [5, 5.41) is 4.32. The molecule has 1 aromatic rings. The highest BCUT2D eigenvalue weighted by molar-refractivity contribution is 7.18. The molecule has 0 aliphatic heterocycles. The van der Waals surface area contributed by atoms with E-state index in [1.807, 2.05) is 0 Å². The molecule has 0 radical (unpaired) electrons. The van der Waals surface area contributed by atoms with Crippen LogP contribution in [0.25, 0.3) is 0 Å². The number of carbonyl (C=O) groups is 1. The summed E-state index contributed by atoms with van der Waals surface area (Å²) in [6, 6.07) is 0.445. The number of anilines is 1. The third-order valence-electron chi connectivity index (χ3n) is 3.14. The summed E-state index contributed by atoms with van der Waals surface area (Å²) in [6.45, 7) is 0. The molecule has 6 heteroatoms. The molecule has 2 rings (SSSR count). The molecule has 0 bridgehead atoms. The van der Waals surface area contributed by atoms with Crippen molar-refractivity contribution in [2.24, 2.45) is 0 Å². The Bertz CT molecular complexity index is 414. The van der Waals surface area contributed by atoms with Gasteiger partial charge in [-0.15, -0.1) is 0 Å². The Labute approximate surface area is 116 Å². The summed E-state index contributed by atoms with van der Waals surface area (Å²) >= 11 is 7.19. The minimum atomic E-state index is -0.425. The van der Waals surface area contributed by atoms with Crippen LogP contribution < -0.4 is 5.32 Å². The van der Waals surface area contributed by atoms with E-state index in [9.17, 15) is 4.79 Å². The second-order valence-corrected chi connectivity index (χ2v) is 5.82. The van der Waals surface area contributed by atoms with E-state index >= 15 is 0 Å². The molecule has 0 saturated heterocycles. The quantitative estimate of drug-likeness (QED) is 0.680. The molecule has 100 valence electrons. The summed E-state index contributed by atoms with van der Waals surface area (Å²) in [5.74, 6) is -0.425. The van der Waals surface area contributed by atoms with Crippen LogP contribution in [0.1, 0.15) is 48.2 Å². The number of hydrogen-bond acceptors (Lipinski definition) is 5. The fourth-order valence-corrected chi connectivity index (χ4v) is 3.36. The van der Waals surface area contributed by atoms with Gasteiger partial charge < -0.3 is 10.1 Å². The molecule has 1 aliphatic rings. The monoisotopic (exact) mass is 288 g/mol. The van der Waals surface area contributed by atoms with Crippen molar-refractivity contribution in [2.45, 2.75) is 44.6 Å². The molecule has 0 spiro atoms. The highest BCUT2D eigenvalue weighted by atomic mass is 35.5. The predicted molar refractivity (Wildman–Crippen MR) is 73.6 cm³/mol. The molecular formula is C12H17ClN2O2S. The Morgan fingerprint density at radius 3 is 2.67 bits per heavy atom. The van der Waals surface area contributed by atoms with Gasteiger partial charge in [0.05, 0.1) is 7.11 Å². The molecule has 18 heavy (non-hydrogen) atoms. The first-order valence-electron chi connectivity index (χ1n) is 6.22. The van der Waals surface area contributed by atoms with E-state index in [4.69, 9.17) is 11.6 Å². The Hall–Kier alpha value is -0.810. The Morgan fingerprint density at radius 1 is 1.39 bits per heavy atom. The van der Waals surface area contributed by atoms with E-state index in [0.717, 1.165) is 12.8 Å². The maximum absolute atomic E-state index is 11.4. The van der Waals surface area contributed by atoms with Crippen LogP contribution in [-0.4, -0.2) is 24.1 Å². The van der Waals surface area contributed by atoms with Gasteiger partial charge in [-0.25, -0.2) is 9.78 Å². The maximum Gasteiger partial charge on any atom is 0.351 e. The zero-order valence-electron chi connectivity index (χ0n) is 10.4. The largest absolute Gasteiger partial charge is 0.465 e. The number of ether oxygens (including phenoxy) is 1. The van der Waals surface area contributed by atoms with E-state index in [1.54, 1.807) is 0 Å². The van der Waals surface area contributed by atoms with Crippen LogP contribution in [0, 0.1) is 0 Å². The lowest BCUT2D eigenvalue weighted by Gasteiger charge is -2.14. The summed E-state index contributed by atoms with van der Waals surface area (Å²) in [7, 11) is 1.34. The molecule has 1 saturated carbocycles. The Balaban J connectivity index is 2.02. The van der Waals surface area contributed by atoms with Gasteiger partial charge in [0.25, 0.3) is 0 Å². The zero-order chi connectivity index (χ0) is 13.0. The number of nitrogens with zero attached hydrogens (tertiary/aromatic N) is 1. The molecule has 1 fully saturated rings. The van der Waals surface area contributed by atoms with Crippen molar-refractivity contribution in [2.75, 3.05) is 12.4 Å². The van der Waals surface area contributed by atoms with Crippen molar-refractivity contribution in [3.8, 4) is 0 Å². The van der Waals surface area contributed by atoms with Crippen LogP contribution >= 0.6 is 22.9 Å². The second-order valence-electron chi connectivity index (χ2n) is 4.46. The Morgan fingerprint density at radius 2 is 2.06 bits per heavy atom. The van der Waals surface area contributed by atoms with E-state index in [-0.39, 0.29) is 5.15 Å². The normalized spacial score (nSPS) is 17.2. The van der Waals surface area contributed by atoms with Gasteiger partial charge >= 0.3 is 5.97 Å². The first kappa shape index (κ1) is 13.6. The van der Waals surface area contributed by atoms with E-state index in [1.165, 1.54) is 44.1 Å². The third-order valence-corrected chi connectivity index (χ3v) is 4.49. The molecule has 1 N–H and O–H groups in total. The number of thiazole rings is 1. The number of aromatic nitrogens is 1. The number of esters is 1. The predicted octanol–water partition coefficient (Wildman–Crippen LogP) is 3.72. The molecule has 1 heterocycles. The third kappa shape index (κ3) is 3.36. The number of carbonyl (C=O) groups excluding carboxylic acids is 1. The fourth-order valence-electron chi connectivity index (χ4n) is 2.18. The van der Waals surface area contributed by atoms with Gasteiger partial charge in [0.2, 0.25) is 0 Å². The Kier molecular flexibility index (Phi) is 4.83. The number of methoxy groups -OCH3 is 1. The highest BCUT2D eigenvalue weighted by Gasteiger charge is 2.19. The average molecular weight is 289 g/mol. The van der Waals surface area contributed by atoms with Crippen LogP contribution in [0.2, 0.25) is 5.15 Å². The summed E-state index contributed by atoms with van der Waals surface area (Å²) < 4.78 is 4.66. The van der Waals surface area contributed by atoms with Crippen molar-refractivity contribution in [3.05, 3.63) is 10.0 Å². The van der Waals surface area contributed by atoms with Crippen LogP contribution in [0.15, 0.2) is 0 Å². The molecule has 0 unspecified atom stereocenters. The molecule has 0 aromatic carbocycles. The lowest BCUT2D eigenvalue weighted by atomic mass is 10.1. The van der Waals surface area contributed by atoms with Crippen LogP contribution in [0.3, 0.4) is 0 Å². The summed E-state index contributed by atoms with van der Waals surface area (Å²) in [6.07, 6.45) is 7.44. The molecule has 1 aliphatic carbocycles. The van der Waals surface area contributed by atoms with Gasteiger partial charge in [0, 0.05) is 6.04 Å². The minimum absolute atomic E-state index is 0.225. The topological polar surface area (TPSA) is 51.2 Å². The van der Waals surface area contributed by atoms with Gasteiger partial charge in [0.1, 0.15) is 0 Å². The molecule has 0 amide bonds. The van der Waals surface area contributed by atoms with Gasteiger partial charge in [-0.3, -0.25) is 0 Å². The van der Waals surface area contributed by atoms with E-state index in [2.05, 4.69) is 15.0 Å². The van der Waals surface area contributed by atoms with Crippen LogP contribution in [0.5, 0.6) is 0 Å². The zero-order valence-corrected chi connectivity index (χ0v) is 11.9. The van der Waals surface area contributed by atoms with Gasteiger partial charge in [-0.2, -0.15) is 0 Å². The average Bonchev–Trinajstić information content (AvgIpc) is 2.57. The second kappa shape index (κ2) is 6.38. The number of rotatable bonds is 3. The van der Waals surface area contributed by atoms with Gasteiger partial charge in [-0.1, -0.05) is 48.6 Å². The SMILES string of the molecule is COC(=O)c1sc(NC2CCCCCC2)nc1Cl. The van der Waals surface area contributed by atoms with Crippen molar-refractivity contribution in [1.82, 2.24) is 4.98 Å². The van der Waals surface area contributed by atoms with Crippen molar-refractivity contribution >= 4 is 34.0 Å². The van der Waals surface area contributed by atoms with Crippen molar-refractivity contribution in [1.29, 1.82) is 0 Å². The molecule has 0 atom stereocenters. The molecule has 4 nitrogen and oxygen atoms in total. The first-order valence-corrected chi connectivity index (χ1v) is 7.41. The number of hydrogen-bond donors (Lipinski definition) is 1. The van der Waals surface area contributed by atoms with Crippen molar-refractivity contribution in [3.63, 3.8) is 0 Å². The summed E-state index contributed by atoms with van der Waals surface area (Å²) in [4.78, 5) is 16.0. The first-order chi connectivity index (χ1) is 8.70. The lowest BCUT2D eigenvalue weighted by molar-refractivity contribution is 0.0606. The lowest BCUT2D eigenvalue weighted by Crippen LogP contribution is -2.17. The maximum atomic E-state index is 11.4. The van der Waals surface area contributed by atoms with E-state index < -0.39 is 5.97 Å².